The number of anilines is 1. The van der Waals surface area contributed by atoms with Crippen LogP contribution in [0.15, 0.2) is 48.5 Å². The first kappa shape index (κ1) is 23.1. The van der Waals surface area contributed by atoms with Crippen molar-refractivity contribution in [3.8, 4) is 5.75 Å². The van der Waals surface area contributed by atoms with Crippen LogP contribution in [0, 0.1) is 6.92 Å². The van der Waals surface area contributed by atoms with Gasteiger partial charge in [0.15, 0.2) is 11.7 Å². The van der Waals surface area contributed by atoms with Crippen LogP contribution in [0.2, 0.25) is 5.02 Å². The Morgan fingerprint density at radius 3 is 2.33 bits per heavy atom. The zero-order valence-corrected chi connectivity index (χ0v) is 17.7. The summed E-state index contributed by atoms with van der Waals surface area (Å²) in [6.45, 7) is 1.63. The Hall–Kier alpha value is -3.17. The number of halogens is 1. The number of hydrogen-bond acceptors (Lipinski definition) is 5. The summed E-state index contributed by atoms with van der Waals surface area (Å²) in [6, 6.07) is 14.1. The van der Waals surface area contributed by atoms with E-state index in [9.17, 15) is 14.4 Å². The van der Waals surface area contributed by atoms with Crippen LogP contribution in [0.5, 0.6) is 5.75 Å². The van der Waals surface area contributed by atoms with E-state index in [-0.39, 0.29) is 30.5 Å². The van der Waals surface area contributed by atoms with E-state index in [0.29, 0.717) is 16.5 Å². The largest absolute Gasteiger partial charge is 0.483 e. The second kappa shape index (κ2) is 11.7. The fraction of sp³-hybridized carbons (Fsp3) is 0.200. The standard InChI is InChI=1S/C20H21ClN4O4S/c1-13-6-2-5-9-16(13)29-12-19(28)23-20(30)25-24-18(27)11-10-17(26)22-15-8-4-3-7-14(15)21/h2-9H,10-12H2,1H3,(H,22,26)(H,24,27)(H2,23,25,28,30). The Kier molecular flexibility index (Phi) is 9.04. The van der Waals surface area contributed by atoms with Crippen molar-refractivity contribution in [1.29, 1.82) is 0 Å². The maximum Gasteiger partial charge on any atom is 0.264 e. The second-order valence-corrected chi connectivity index (χ2v) is 6.95. The zero-order valence-electron chi connectivity index (χ0n) is 16.2. The molecule has 2 aromatic carbocycles. The van der Waals surface area contributed by atoms with E-state index in [1.807, 2.05) is 19.1 Å². The molecule has 0 unspecified atom stereocenters. The van der Waals surface area contributed by atoms with Gasteiger partial charge in [-0.05, 0) is 42.9 Å². The summed E-state index contributed by atoms with van der Waals surface area (Å²) < 4.78 is 5.41. The van der Waals surface area contributed by atoms with Gasteiger partial charge in [-0.25, -0.2) is 0 Å². The first-order valence-electron chi connectivity index (χ1n) is 8.96. The second-order valence-electron chi connectivity index (χ2n) is 6.13. The summed E-state index contributed by atoms with van der Waals surface area (Å²) in [5.41, 5.74) is 6.08. The van der Waals surface area contributed by atoms with Crippen LogP contribution in [0.25, 0.3) is 0 Å². The highest BCUT2D eigenvalue weighted by atomic mass is 35.5. The normalized spacial score (nSPS) is 9.93. The van der Waals surface area contributed by atoms with E-state index in [4.69, 9.17) is 28.6 Å². The van der Waals surface area contributed by atoms with E-state index in [2.05, 4.69) is 21.5 Å². The lowest BCUT2D eigenvalue weighted by atomic mass is 10.2. The van der Waals surface area contributed by atoms with Crippen LogP contribution in [0.3, 0.4) is 0 Å². The van der Waals surface area contributed by atoms with Crippen LogP contribution in [-0.2, 0) is 14.4 Å². The summed E-state index contributed by atoms with van der Waals surface area (Å²) >= 11 is 10.9. The molecule has 0 atom stereocenters. The number of hydrogen-bond donors (Lipinski definition) is 4. The lowest BCUT2D eigenvalue weighted by Crippen LogP contribution is -2.49. The topological polar surface area (TPSA) is 109 Å². The highest BCUT2D eigenvalue weighted by Gasteiger charge is 2.10. The van der Waals surface area contributed by atoms with Crippen LogP contribution >= 0.6 is 23.8 Å². The van der Waals surface area contributed by atoms with Gasteiger partial charge in [0.25, 0.3) is 5.91 Å². The molecule has 4 N–H and O–H groups in total. The molecule has 0 aliphatic heterocycles. The van der Waals surface area contributed by atoms with E-state index in [1.165, 1.54) is 0 Å². The van der Waals surface area contributed by atoms with Gasteiger partial charge in [0.05, 0.1) is 10.7 Å². The van der Waals surface area contributed by atoms with E-state index >= 15 is 0 Å². The number of amides is 3. The molecule has 0 bridgehead atoms. The third-order valence-electron chi connectivity index (χ3n) is 3.75. The Morgan fingerprint density at radius 1 is 0.933 bits per heavy atom. The van der Waals surface area contributed by atoms with Gasteiger partial charge in [0.2, 0.25) is 11.8 Å². The first-order chi connectivity index (χ1) is 14.3. The van der Waals surface area contributed by atoms with E-state index in [1.54, 1.807) is 36.4 Å². The smallest absolute Gasteiger partial charge is 0.264 e. The molecule has 0 aromatic heterocycles. The van der Waals surface area contributed by atoms with Crippen LogP contribution in [0.1, 0.15) is 18.4 Å². The van der Waals surface area contributed by atoms with E-state index < -0.39 is 11.8 Å². The average molecular weight is 449 g/mol. The van der Waals surface area contributed by atoms with Crippen molar-refractivity contribution in [3.63, 3.8) is 0 Å². The molecule has 2 rings (SSSR count). The molecule has 158 valence electrons. The number of thiocarbonyl (C=S) groups is 1. The van der Waals surface area contributed by atoms with Gasteiger partial charge in [-0.2, -0.15) is 0 Å². The minimum atomic E-state index is -0.482. The highest BCUT2D eigenvalue weighted by Crippen LogP contribution is 2.20. The highest BCUT2D eigenvalue weighted by molar-refractivity contribution is 7.80. The lowest BCUT2D eigenvalue weighted by molar-refractivity contribution is -0.125. The molecule has 3 amide bonds. The minimum Gasteiger partial charge on any atom is -0.483 e. The molecule has 0 fully saturated rings. The third kappa shape index (κ3) is 8.06. The molecule has 8 nitrogen and oxygen atoms in total. The molecule has 0 aliphatic rings. The zero-order chi connectivity index (χ0) is 21.9. The van der Waals surface area contributed by atoms with Crippen molar-refractivity contribution < 1.29 is 19.1 Å². The first-order valence-corrected chi connectivity index (χ1v) is 9.75. The van der Waals surface area contributed by atoms with Gasteiger partial charge in [-0.1, -0.05) is 41.9 Å². The Labute approximate surface area is 184 Å². The number of carbonyl (C=O) groups excluding carboxylic acids is 3. The van der Waals surface area contributed by atoms with Gasteiger partial charge in [0, 0.05) is 12.8 Å². The summed E-state index contributed by atoms with van der Waals surface area (Å²) in [5, 5.41) is 5.31. The van der Waals surface area contributed by atoms with Gasteiger partial charge in [0.1, 0.15) is 5.75 Å². The number of ether oxygens (including phenoxy) is 1. The number of rotatable bonds is 7. The number of hydrazine groups is 1. The van der Waals surface area contributed by atoms with Crippen LogP contribution < -0.4 is 26.2 Å². The fourth-order valence-corrected chi connectivity index (χ4v) is 2.59. The van der Waals surface area contributed by atoms with Gasteiger partial charge in [-0.15, -0.1) is 0 Å². The van der Waals surface area contributed by atoms with Crippen LogP contribution in [0.4, 0.5) is 5.69 Å². The molecule has 0 heterocycles. The van der Waals surface area contributed by atoms with Crippen molar-refractivity contribution in [3.05, 3.63) is 59.1 Å². The van der Waals surface area contributed by atoms with Gasteiger partial charge in [-0.3, -0.25) is 30.6 Å². The van der Waals surface area contributed by atoms with Crippen molar-refractivity contribution in [2.45, 2.75) is 19.8 Å². The van der Waals surface area contributed by atoms with Crippen LogP contribution in [-0.4, -0.2) is 29.4 Å². The molecule has 0 spiro atoms. The van der Waals surface area contributed by atoms with Crippen molar-refractivity contribution in [2.75, 3.05) is 11.9 Å². The minimum absolute atomic E-state index is 0.0534. The number of carbonyl (C=O) groups is 3. The van der Waals surface area contributed by atoms with Crippen molar-refractivity contribution in [1.82, 2.24) is 16.2 Å². The summed E-state index contributed by atoms with van der Waals surface area (Å²) in [4.78, 5) is 35.6. The monoisotopic (exact) mass is 448 g/mol. The fourth-order valence-electron chi connectivity index (χ4n) is 2.25. The molecule has 30 heavy (non-hydrogen) atoms. The average Bonchev–Trinajstić information content (AvgIpc) is 2.72. The molecular formula is C20H21ClN4O4S. The number of benzene rings is 2. The quantitative estimate of drug-likeness (QED) is 0.383. The molecule has 0 radical (unpaired) electrons. The number of aryl methyl sites for hydroxylation is 1. The summed E-state index contributed by atoms with van der Waals surface area (Å²) in [7, 11) is 0. The molecular weight excluding hydrogens is 428 g/mol. The maximum atomic E-state index is 11.9. The summed E-state index contributed by atoms with van der Waals surface area (Å²) in [5.74, 6) is -0.724. The maximum absolute atomic E-state index is 11.9. The predicted molar refractivity (Wildman–Crippen MR) is 118 cm³/mol. The van der Waals surface area contributed by atoms with Crippen molar-refractivity contribution in [2.24, 2.45) is 0 Å². The SMILES string of the molecule is Cc1ccccc1OCC(=O)NC(=S)NNC(=O)CCC(=O)Nc1ccccc1Cl. The Balaban J connectivity index is 1.63. The van der Waals surface area contributed by atoms with Crippen molar-refractivity contribution >= 4 is 52.3 Å². The number of nitrogens with one attached hydrogen (secondary N) is 4. The predicted octanol–water partition coefficient (Wildman–Crippen LogP) is 2.47. The van der Waals surface area contributed by atoms with E-state index in [0.717, 1.165) is 5.56 Å². The third-order valence-corrected chi connectivity index (χ3v) is 4.28. The Bertz CT molecular complexity index is 939. The van der Waals surface area contributed by atoms with Gasteiger partial charge >= 0.3 is 0 Å². The molecule has 0 saturated carbocycles. The molecule has 0 aliphatic carbocycles. The molecule has 10 heteroatoms. The lowest BCUT2D eigenvalue weighted by Gasteiger charge is -2.12. The van der Waals surface area contributed by atoms with Gasteiger partial charge < -0.3 is 10.1 Å². The molecule has 0 saturated heterocycles. The summed E-state index contributed by atoms with van der Waals surface area (Å²) in [6.07, 6.45) is -0.141. The Morgan fingerprint density at radius 2 is 1.60 bits per heavy atom. The molecule has 2 aromatic rings. The number of para-hydroxylation sites is 2.